The number of nitrogens with zero attached hydrogens (tertiary/aromatic N) is 3. The normalized spacial score (nSPS) is 17.5. The second-order valence-corrected chi connectivity index (χ2v) is 11.9. The molecule has 0 aliphatic carbocycles. The van der Waals surface area contributed by atoms with E-state index in [2.05, 4.69) is 29.0 Å². The van der Waals surface area contributed by atoms with Gasteiger partial charge in [-0.1, -0.05) is 56.3 Å². The Hall–Kier alpha value is -3.42. The number of aryl methyl sites for hydroxylation is 1. The molecular formula is C27H31F3N4O5S. The van der Waals surface area contributed by atoms with Gasteiger partial charge in [0.05, 0.1) is 12.9 Å². The number of alkyl halides is 3. The van der Waals surface area contributed by atoms with Crippen LogP contribution in [0.5, 0.6) is 5.75 Å². The van der Waals surface area contributed by atoms with Gasteiger partial charge in [-0.15, -0.1) is 0 Å². The van der Waals surface area contributed by atoms with Crippen LogP contribution in [-0.4, -0.2) is 53.8 Å². The van der Waals surface area contributed by atoms with Crippen molar-refractivity contribution in [1.29, 1.82) is 0 Å². The Morgan fingerprint density at radius 3 is 2.55 bits per heavy atom. The highest BCUT2D eigenvalue weighted by Crippen LogP contribution is 2.37. The molecule has 1 aliphatic rings. The highest BCUT2D eigenvalue weighted by molar-refractivity contribution is 7.88. The quantitative estimate of drug-likeness (QED) is 0.362. The third-order valence-corrected chi connectivity index (χ3v) is 7.89. The van der Waals surface area contributed by atoms with Crippen LogP contribution in [0.3, 0.4) is 0 Å². The molecule has 1 aromatic heterocycles. The topological polar surface area (TPSA) is 103 Å². The first-order valence-electron chi connectivity index (χ1n) is 12.7. The standard InChI is InChI=1S/C27H31F3N4O5S/c1-18(2)13-31-23-16-38-24-10-9-20(12-22(24)21(23)11-19-7-5-4-6-8-19)14-34(39-26(35)27(28,29)30)40(36,37)25-15-33(3)17-32-25/h4-10,12,15,17-18,21,23,31H,11,13-14,16H2,1-3H3. The van der Waals surface area contributed by atoms with Crippen molar-refractivity contribution in [1.82, 2.24) is 19.3 Å². The Morgan fingerprint density at radius 1 is 1.20 bits per heavy atom. The molecule has 216 valence electrons. The van der Waals surface area contributed by atoms with Crippen LogP contribution in [0, 0.1) is 5.92 Å². The minimum atomic E-state index is -5.41. The maximum Gasteiger partial charge on any atom is 0.492 e. The van der Waals surface area contributed by atoms with Crippen LogP contribution in [0.4, 0.5) is 13.2 Å². The smallest absolute Gasteiger partial charge is 0.492 e. The molecule has 0 amide bonds. The van der Waals surface area contributed by atoms with E-state index in [1.807, 2.05) is 30.3 Å². The average molecular weight is 581 g/mol. The van der Waals surface area contributed by atoms with Crippen molar-refractivity contribution in [2.75, 3.05) is 13.2 Å². The Labute approximate surface area is 230 Å². The van der Waals surface area contributed by atoms with E-state index in [0.717, 1.165) is 23.9 Å². The summed E-state index contributed by atoms with van der Waals surface area (Å²) in [6.07, 6.45) is -2.48. The van der Waals surface area contributed by atoms with Crippen molar-refractivity contribution in [3.63, 3.8) is 0 Å². The third-order valence-electron chi connectivity index (χ3n) is 6.41. The second-order valence-electron chi connectivity index (χ2n) is 10.1. The van der Waals surface area contributed by atoms with Crippen LogP contribution in [0.1, 0.15) is 36.5 Å². The van der Waals surface area contributed by atoms with Gasteiger partial charge >= 0.3 is 12.1 Å². The SMILES string of the molecule is CC(C)CNC1COc2ccc(CN(OC(=O)C(F)(F)F)S(=O)(=O)c3cn(C)cn3)cc2C1Cc1ccccc1. The Kier molecular flexibility index (Phi) is 8.86. The fraction of sp³-hybridized carbons (Fsp3) is 0.407. The number of sulfonamides is 1. The number of benzene rings is 2. The van der Waals surface area contributed by atoms with E-state index in [1.165, 1.54) is 24.0 Å². The number of carbonyl (C=O) groups is 1. The van der Waals surface area contributed by atoms with Gasteiger partial charge in [0.1, 0.15) is 12.4 Å². The van der Waals surface area contributed by atoms with Gasteiger partial charge in [-0.2, -0.15) is 13.2 Å². The van der Waals surface area contributed by atoms with E-state index in [9.17, 15) is 26.4 Å². The summed E-state index contributed by atoms with van der Waals surface area (Å²) in [5.41, 5.74) is 2.16. The predicted octanol–water partition coefficient (Wildman–Crippen LogP) is 3.96. The number of hydrogen-bond acceptors (Lipinski definition) is 7. The molecule has 0 bridgehead atoms. The zero-order valence-electron chi connectivity index (χ0n) is 22.3. The first kappa shape index (κ1) is 29.6. The number of ether oxygens (including phenoxy) is 1. The zero-order chi connectivity index (χ0) is 29.1. The summed E-state index contributed by atoms with van der Waals surface area (Å²) in [6.45, 7) is 4.68. The molecule has 0 spiro atoms. The van der Waals surface area contributed by atoms with Crippen LogP contribution >= 0.6 is 0 Å². The Morgan fingerprint density at radius 2 is 1.93 bits per heavy atom. The maximum absolute atomic E-state index is 13.2. The summed E-state index contributed by atoms with van der Waals surface area (Å²) in [6, 6.07) is 14.6. The van der Waals surface area contributed by atoms with Crippen molar-refractivity contribution in [3.8, 4) is 5.75 Å². The number of hydroxylamine groups is 1. The lowest BCUT2D eigenvalue weighted by atomic mass is 9.83. The van der Waals surface area contributed by atoms with Gasteiger partial charge in [-0.25, -0.2) is 18.2 Å². The molecule has 0 saturated carbocycles. The fourth-order valence-electron chi connectivity index (χ4n) is 4.42. The highest BCUT2D eigenvalue weighted by atomic mass is 32.2. The van der Waals surface area contributed by atoms with Crippen LogP contribution < -0.4 is 10.1 Å². The number of nitrogens with one attached hydrogen (secondary N) is 1. The summed E-state index contributed by atoms with van der Waals surface area (Å²) in [7, 11) is -3.23. The molecule has 13 heteroatoms. The van der Waals surface area contributed by atoms with Gasteiger partial charge < -0.3 is 19.5 Å². The third kappa shape index (κ3) is 7.01. The van der Waals surface area contributed by atoms with Crippen molar-refractivity contribution in [2.45, 2.75) is 50.0 Å². The molecule has 3 aromatic rings. The number of carbonyl (C=O) groups excluding carboxylic acids is 1. The predicted molar refractivity (Wildman–Crippen MR) is 140 cm³/mol. The van der Waals surface area contributed by atoms with Crippen LogP contribution in [0.25, 0.3) is 0 Å². The first-order valence-corrected chi connectivity index (χ1v) is 14.1. The molecule has 4 rings (SSSR count). The zero-order valence-corrected chi connectivity index (χ0v) is 23.1. The molecular weight excluding hydrogens is 549 g/mol. The lowest BCUT2D eigenvalue weighted by Crippen LogP contribution is -2.44. The summed E-state index contributed by atoms with van der Waals surface area (Å²) in [5, 5.41) is 2.98. The van der Waals surface area contributed by atoms with Gasteiger partial charge in [0.2, 0.25) is 0 Å². The Bertz CT molecular complexity index is 1430. The second kappa shape index (κ2) is 12.0. The van der Waals surface area contributed by atoms with Gasteiger partial charge in [-0.05, 0) is 46.1 Å². The fourth-order valence-corrected chi connectivity index (χ4v) is 5.60. The average Bonchev–Trinajstić information content (AvgIpc) is 3.35. The summed E-state index contributed by atoms with van der Waals surface area (Å²) in [4.78, 5) is 19.8. The number of fused-ring (bicyclic) bond motifs is 1. The van der Waals surface area contributed by atoms with E-state index in [0.29, 0.717) is 30.3 Å². The maximum atomic E-state index is 13.2. The molecule has 9 nitrogen and oxygen atoms in total. The van der Waals surface area contributed by atoms with Gasteiger partial charge in [0.25, 0.3) is 10.0 Å². The summed E-state index contributed by atoms with van der Waals surface area (Å²) in [5.74, 6) is -1.76. The van der Waals surface area contributed by atoms with E-state index in [4.69, 9.17) is 4.74 Å². The highest BCUT2D eigenvalue weighted by Gasteiger charge is 2.45. The van der Waals surface area contributed by atoms with Crippen LogP contribution in [0.2, 0.25) is 0 Å². The molecule has 1 N–H and O–H groups in total. The molecule has 0 fully saturated rings. The van der Waals surface area contributed by atoms with Crippen molar-refractivity contribution < 1.29 is 36.0 Å². The number of hydrogen-bond donors (Lipinski definition) is 1. The molecule has 2 heterocycles. The molecule has 0 saturated heterocycles. The molecule has 0 radical (unpaired) electrons. The lowest BCUT2D eigenvalue weighted by Gasteiger charge is -2.35. The van der Waals surface area contributed by atoms with E-state index < -0.39 is 33.7 Å². The molecule has 2 atom stereocenters. The van der Waals surface area contributed by atoms with Gasteiger partial charge in [-0.3, -0.25) is 0 Å². The van der Waals surface area contributed by atoms with Crippen LogP contribution in [0.15, 0.2) is 66.1 Å². The van der Waals surface area contributed by atoms with Gasteiger partial charge in [0.15, 0.2) is 5.03 Å². The summed E-state index contributed by atoms with van der Waals surface area (Å²) < 4.78 is 72.9. The van der Waals surface area contributed by atoms with E-state index >= 15 is 0 Å². The minimum Gasteiger partial charge on any atom is -0.492 e. The van der Waals surface area contributed by atoms with Crippen molar-refractivity contribution in [2.24, 2.45) is 13.0 Å². The molecule has 1 aliphatic heterocycles. The van der Waals surface area contributed by atoms with Crippen molar-refractivity contribution in [3.05, 3.63) is 77.7 Å². The minimum absolute atomic E-state index is 0.0251. The van der Waals surface area contributed by atoms with Gasteiger partial charge in [0, 0.05) is 25.2 Å². The molecule has 2 aromatic carbocycles. The number of aromatic nitrogens is 2. The number of rotatable bonds is 10. The first-order chi connectivity index (χ1) is 18.8. The molecule has 2 unspecified atom stereocenters. The van der Waals surface area contributed by atoms with Crippen molar-refractivity contribution >= 4 is 16.0 Å². The molecule has 40 heavy (non-hydrogen) atoms. The monoisotopic (exact) mass is 580 g/mol. The summed E-state index contributed by atoms with van der Waals surface area (Å²) >= 11 is 0. The Balaban J connectivity index is 1.69. The van der Waals surface area contributed by atoms with E-state index in [1.54, 1.807) is 12.1 Å². The lowest BCUT2D eigenvalue weighted by molar-refractivity contribution is -0.223. The largest absolute Gasteiger partial charge is 0.492 e. The van der Waals surface area contributed by atoms with Crippen LogP contribution in [-0.2, 0) is 39.7 Å². The number of halogens is 3. The van der Waals surface area contributed by atoms with E-state index in [-0.39, 0.29) is 16.4 Å². The number of imidazole rings is 1.